The first-order chi connectivity index (χ1) is 13.8. The first-order valence-corrected chi connectivity index (χ1v) is 9.53. The highest BCUT2D eigenvalue weighted by Gasteiger charge is 2.38. The molecule has 1 aliphatic rings. The summed E-state index contributed by atoms with van der Waals surface area (Å²) < 4.78 is 10.9. The quantitative estimate of drug-likeness (QED) is 0.490. The molecule has 0 saturated carbocycles. The number of allylic oxidation sites excluding steroid dienone is 1. The van der Waals surface area contributed by atoms with Crippen LogP contribution in [0.25, 0.3) is 11.0 Å². The SMILES string of the molecule is Cc1cc(=O)oc2cc(OCC(=O)C=C3N(C)c4ccccc4C3(C)C)ccc12. The van der Waals surface area contributed by atoms with Crippen molar-refractivity contribution in [3.05, 3.63) is 81.9 Å². The van der Waals surface area contributed by atoms with Crippen molar-refractivity contribution >= 4 is 22.4 Å². The molecule has 2 heterocycles. The predicted molar refractivity (Wildman–Crippen MR) is 114 cm³/mol. The van der Waals surface area contributed by atoms with Gasteiger partial charge in [0.2, 0.25) is 0 Å². The number of para-hydroxylation sites is 1. The van der Waals surface area contributed by atoms with Gasteiger partial charge in [0.05, 0.1) is 0 Å². The molecule has 0 radical (unpaired) electrons. The van der Waals surface area contributed by atoms with Crippen molar-refractivity contribution in [2.45, 2.75) is 26.2 Å². The highest BCUT2D eigenvalue weighted by molar-refractivity contribution is 5.93. The van der Waals surface area contributed by atoms with Gasteiger partial charge in [0, 0.05) is 47.4 Å². The second kappa shape index (κ2) is 6.92. The van der Waals surface area contributed by atoms with Gasteiger partial charge in [0.25, 0.3) is 0 Å². The summed E-state index contributed by atoms with van der Waals surface area (Å²) in [6.07, 6.45) is 1.66. The van der Waals surface area contributed by atoms with E-state index in [-0.39, 0.29) is 17.8 Å². The molecule has 5 nitrogen and oxygen atoms in total. The van der Waals surface area contributed by atoms with Gasteiger partial charge in [-0.2, -0.15) is 0 Å². The summed E-state index contributed by atoms with van der Waals surface area (Å²) in [4.78, 5) is 26.3. The highest BCUT2D eigenvalue weighted by Crippen LogP contribution is 2.46. The summed E-state index contributed by atoms with van der Waals surface area (Å²) in [5, 5.41) is 0.845. The molecule has 4 rings (SSSR count). The Morgan fingerprint density at radius 1 is 1.17 bits per heavy atom. The molecule has 0 spiro atoms. The van der Waals surface area contributed by atoms with Crippen LogP contribution in [0.3, 0.4) is 0 Å². The molecule has 29 heavy (non-hydrogen) atoms. The van der Waals surface area contributed by atoms with E-state index < -0.39 is 5.63 Å². The number of anilines is 1. The summed E-state index contributed by atoms with van der Waals surface area (Å²) in [5.74, 6) is 0.360. The number of likely N-dealkylation sites (N-methyl/N-ethyl adjacent to an activating group) is 1. The van der Waals surface area contributed by atoms with Crippen LogP contribution in [-0.4, -0.2) is 19.4 Å². The molecule has 0 aliphatic carbocycles. The summed E-state index contributed by atoms with van der Waals surface area (Å²) in [7, 11) is 1.97. The van der Waals surface area contributed by atoms with Crippen LogP contribution in [-0.2, 0) is 10.2 Å². The van der Waals surface area contributed by atoms with Crippen molar-refractivity contribution in [1.29, 1.82) is 0 Å². The van der Waals surface area contributed by atoms with E-state index in [1.165, 1.54) is 11.6 Å². The Labute approximate surface area is 169 Å². The van der Waals surface area contributed by atoms with Gasteiger partial charge in [-0.15, -0.1) is 0 Å². The second-order valence-corrected chi connectivity index (χ2v) is 7.89. The van der Waals surface area contributed by atoms with E-state index in [9.17, 15) is 9.59 Å². The number of hydrogen-bond donors (Lipinski definition) is 0. The number of nitrogens with zero attached hydrogens (tertiary/aromatic N) is 1. The van der Waals surface area contributed by atoms with E-state index in [1.54, 1.807) is 18.2 Å². The van der Waals surface area contributed by atoms with Crippen LogP contribution in [0, 0.1) is 6.92 Å². The molecule has 148 valence electrons. The van der Waals surface area contributed by atoms with Crippen LogP contribution in [0.4, 0.5) is 5.69 Å². The maximum atomic E-state index is 12.6. The van der Waals surface area contributed by atoms with Crippen molar-refractivity contribution in [2.24, 2.45) is 0 Å². The first-order valence-electron chi connectivity index (χ1n) is 9.53. The number of ketones is 1. The van der Waals surface area contributed by atoms with Crippen molar-refractivity contribution < 1.29 is 13.9 Å². The van der Waals surface area contributed by atoms with Crippen molar-refractivity contribution in [2.75, 3.05) is 18.6 Å². The number of rotatable bonds is 4. The molecule has 1 aromatic heterocycles. The summed E-state index contributed by atoms with van der Waals surface area (Å²) in [6.45, 7) is 5.99. The van der Waals surface area contributed by atoms with Gasteiger partial charge in [0.1, 0.15) is 11.3 Å². The van der Waals surface area contributed by atoms with Gasteiger partial charge in [0.15, 0.2) is 12.4 Å². The first kappa shape index (κ1) is 19.0. The Balaban J connectivity index is 1.54. The topological polar surface area (TPSA) is 59.8 Å². The molecule has 1 aliphatic heterocycles. The Bertz CT molecular complexity index is 1200. The monoisotopic (exact) mass is 389 g/mol. The number of ether oxygens (including phenoxy) is 1. The fraction of sp³-hybridized carbons (Fsp3) is 0.250. The van der Waals surface area contributed by atoms with E-state index in [4.69, 9.17) is 9.15 Å². The van der Waals surface area contributed by atoms with E-state index in [2.05, 4.69) is 30.9 Å². The normalized spacial score (nSPS) is 16.3. The Hall–Kier alpha value is -3.34. The minimum absolute atomic E-state index is 0.0919. The number of aryl methyl sites for hydroxylation is 1. The molecule has 0 saturated heterocycles. The fourth-order valence-corrected chi connectivity index (χ4v) is 4.00. The average Bonchev–Trinajstić information content (AvgIpc) is 2.87. The molecule has 0 N–H and O–H groups in total. The Morgan fingerprint density at radius 3 is 2.69 bits per heavy atom. The number of hydrogen-bond acceptors (Lipinski definition) is 5. The Kier molecular flexibility index (Phi) is 4.53. The zero-order valence-corrected chi connectivity index (χ0v) is 17.0. The maximum absolute atomic E-state index is 12.6. The van der Waals surface area contributed by atoms with E-state index in [0.717, 1.165) is 22.3 Å². The molecule has 0 atom stereocenters. The van der Waals surface area contributed by atoms with Crippen LogP contribution < -0.4 is 15.3 Å². The van der Waals surface area contributed by atoms with E-state index >= 15 is 0 Å². The van der Waals surface area contributed by atoms with Crippen molar-refractivity contribution in [1.82, 2.24) is 0 Å². The van der Waals surface area contributed by atoms with Gasteiger partial charge in [-0.05, 0) is 36.2 Å². The largest absolute Gasteiger partial charge is 0.485 e. The van der Waals surface area contributed by atoms with Crippen molar-refractivity contribution in [3.8, 4) is 5.75 Å². The van der Waals surface area contributed by atoms with Gasteiger partial charge < -0.3 is 14.1 Å². The number of carbonyl (C=O) groups excluding carboxylic acids is 1. The lowest BCUT2D eigenvalue weighted by Gasteiger charge is -2.23. The van der Waals surface area contributed by atoms with E-state index in [0.29, 0.717) is 11.3 Å². The van der Waals surface area contributed by atoms with Crippen LogP contribution in [0.5, 0.6) is 5.75 Å². The molecule has 5 heteroatoms. The van der Waals surface area contributed by atoms with Crippen LogP contribution in [0.15, 0.2) is 69.5 Å². The standard InChI is InChI=1S/C24H23NO4/c1-15-11-23(27)29-21-13-17(9-10-18(15)21)28-14-16(26)12-22-24(2,3)19-7-5-6-8-20(19)25(22)4/h5-13H,14H2,1-4H3. The number of carbonyl (C=O) groups is 1. The van der Waals surface area contributed by atoms with Gasteiger partial charge in [-0.25, -0.2) is 4.79 Å². The third kappa shape index (κ3) is 3.33. The lowest BCUT2D eigenvalue weighted by Crippen LogP contribution is -2.25. The minimum atomic E-state index is -0.404. The molecule has 3 aromatic rings. The minimum Gasteiger partial charge on any atom is -0.485 e. The summed E-state index contributed by atoms with van der Waals surface area (Å²) in [6, 6.07) is 14.9. The lowest BCUT2D eigenvalue weighted by molar-refractivity contribution is -0.116. The molecule has 2 aromatic carbocycles. The van der Waals surface area contributed by atoms with Gasteiger partial charge >= 0.3 is 5.63 Å². The lowest BCUT2D eigenvalue weighted by atomic mass is 9.83. The van der Waals surface area contributed by atoms with Gasteiger partial charge in [-0.1, -0.05) is 32.0 Å². The number of benzene rings is 2. The molecule has 0 amide bonds. The third-order valence-electron chi connectivity index (χ3n) is 5.54. The zero-order valence-electron chi connectivity index (χ0n) is 17.0. The molecular weight excluding hydrogens is 366 g/mol. The predicted octanol–water partition coefficient (Wildman–Crippen LogP) is 4.36. The van der Waals surface area contributed by atoms with E-state index in [1.807, 2.05) is 32.2 Å². The maximum Gasteiger partial charge on any atom is 0.336 e. The van der Waals surface area contributed by atoms with Crippen LogP contribution in [0.1, 0.15) is 25.0 Å². The van der Waals surface area contributed by atoms with Gasteiger partial charge in [-0.3, -0.25) is 4.79 Å². The Morgan fingerprint density at radius 2 is 1.93 bits per heavy atom. The summed E-state index contributed by atoms with van der Waals surface area (Å²) >= 11 is 0. The van der Waals surface area contributed by atoms with Crippen molar-refractivity contribution in [3.63, 3.8) is 0 Å². The second-order valence-electron chi connectivity index (χ2n) is 7.89. The fourth-order valence-electron chi connectivity index (χ4n) is 4.00. The molecular formula is C24H23NO4. The molecule has 0 fully saturated rings. The zero-order chi connectivity index (χ0) is 20.8. The smallest absolute Gasteiger partial charge is 0.336 e. The molecule has 0 unspecified atom stereocenters. The summed E-state index contributed by atoms with van der Waals surface area (Å²) in [5.41, 5.74) is 3.87. The van der Waals surface area contributed by atoms with Crippen LogP contribution >= 0.6 is 0 Å². The highest BCUT2D eigenvalue weighted by atomic mass is 16.5. The van der Waals surface area contributed by atoms with Crippen LogP contribution in [0.2, 0.25) is 0 Å². The average molecular weight is 389 g/mol. The number of fused-ring (bicyclic) bond motifs is 2. The third-order valence-corrected chi connectivity index (χ3v) is 5.54. The molecule has 0 bridgehead atoms.